The van der Waals surface area contributed by atoms with Gasteiger partial charge in [-0.15, -0.1) is 0 Å². The minimum Gasteiger partial charge on any atom is -0.439 e. The molecule has 100 valence electrons. The van der Waals surface area contributed by atoms with Crippen molar-refractivity contribution in [2.75, 3.05) is 0 Å². The number of nitrogens with zero attached hydrogens (tertiary/aromatic N) is 1. The molecule has 1 N–H and O–H groups in total. The minimum atomic E-state index is 0.319. The van der Waals surface area contributed by atoms with Crippen molar-refractivity contribution in [2.45, 2.75) is 51.1 Å². The smallest absolute Gasteiger partial charge is 0.212 e. The predicted molar refractivity (Wildman–Crippen MR) is 75.0 cm³/mol. The predicted octanol–water partition coefficient (Wildman–Crippen LogP) is 3.73. The summed E-state index contributed by atoms with van der Waals surface area (Å²) in [6.45, 7) is 2.08. The number of hydrogen-bond acceptors (Lipinski definition) is 3. The highest BCUT2D eigenvalue weighted by Gasteiger charge is 2.37. The van der Waals surface area contributed by atoms with E-state index in [2.05, 4.69) is 23.3 Å². The number of oxazole rings is 1. The van der Waals surface area contributed by atoms with Gasteiger partial charge in [0.1, 0.15) is 5.52 Å². The molecule has 2 aliphatic rings. The molecule has 4 rings (SSSR count). The molecule has 0 bridgehead atoms. The quantitative estimate of drug-likeness (QED) is 0.845. The van der Waals surface area contributed by atoms with Crippen molar-refractivity contribution >= 4 is 11.1 Å². The molecule has 19 heavy (non-hydrogen) atoms. The van der Waals surface area contributed by atoms with Gasteiger partial charge in [0.2, 0.25) is 5.89 Å². The van der Waals surface area contributed by atoms with Crippen LogP contribution in [-0.4, -0.2) is 11.0 Å². The zero-order valence-electron chi connectivity index (χ0n) is 11.4. The minimum absolute atomic E-state index is 0.319. The number of fused-ring (bicyclic) bond motifs is 2. The van der Waals surface area contributed by atoms with E-state index < -0.39 is 0 Å². The van der Waals surface area contributed by atoms with Gasteiger partial charge in [0.05, 0.1) is 6.04 Å². The summed E-state index contributed by atoms with van der Waals surface area (Å²) in [6.07, 6.45) is 6.64. The number of benzene rings is 1. The van der Waals surface area contributed by atoms with Gasteiger partial charge in [-0.3, -0.25) is 0 Å². The molecule has 1 aromatic heterocycles. The Labute approximate surface area is 113 Å². The lowest BCUT2D eigenvalue weighted by Crippen LogP contribution is -2.30. The van der Waals surface area contributed by atoms with Crippen LogP contribution in [0.25, 0.3) is 11.1 Å². The number of hydrogen-bond donors (Lipinski definition) is 1. The Morgan fingerprint density at radius 3 is 3.00 bits per heavy atom. The summed E-state index contributed by atoms with van der Waals surface area (Å²) in [6, 6.07) is 7.18. The van der Waals surface area contributed by atoms with Crippen molar-refractivity contribution in [1.82, 2.24) is 10.3 Å². The normalized spacial score (nSPS) is 30.7. The molecule has 1 aliphatic heterocycles. The second-order valence-corrected chi connectivity index (χ2v) is 6.08. The first-order chi connectivity index (χ1) is 9.31. The maximum atomic E-state index is 6.02. The number of aryl methyl sites for hydroxylation is 1. The third-order valence-electron chi connectivity index (χ3n) is 4.79. The van der Waals surface area contributed by atoms with Crippen molar-refractivity contribution in [3.63, 3.8) is 0 Å². The van der Waals surface area contributed by atoms with Crippen LogP contribution >= 0.6 is 0 Å². The molecule has 1 aliphatic carbocycles. The van der Waals surface area contributed by atoms with Gasteiger partial charge in [-0.2, -0.15) is 0 Å². The summed E-state index contributed by atoms with van der Waals surface area (Å²) in [5.74, 6) is 1.72. The fraction of sp³-hybridized carbons (Fsp3) is 0.562. The van der Waals surface area contributed by atoms with E-state index in [1.165, 1.54) is 37.7 Å². The van der Waals surface area contributed by atoms with Crippen LogP contribution in [0, 0.1) is 12.8 Å². The first-order valence-corrected chi connectivity index (χ1v) is 7.43. The maximum absolute atomic E-state index is 6.02. The number of rotatable bonds is 1. The van der Waals surface area contributed by atoms with Crippen LogP contribution in [-0.2, 0) is 0 Å². The number of nitrogens with one attached hydrogen (secondary N) is 1. The van der Waals surface area contributed by atoms with Crippen molar-refractivity contribution < 1.29 is 4.42 Å². The van der Waals surface area contributed by atoms with Crippen LogP contribution in [0.15, 0.2) is 22.6 Å². The molecule has 1 saturated heterocycles. The van der Waals surface area contributed by atoms with Crippen molar-refractivity contribution in [3.05, 3.63) is 29.7 Å². The molecule has 2 aromatic rings. The second kappa shape index (κ2) is 4.34. The van der Waals surface area contributed by atoms with Crippen molar-refractivity contribution in [3.8, 4) is 0 Å². The summed E-state index contributed by atoms with van der Waals surface area (Å²) in [4.78, 5) is 4.68. The standard InChI is InChI=1S/C16H20N2O/c1-10-5-4-8-13-15(10)19-16(18-13)14-9-11-6-2-3-7-12(11)17-14/h4-5,8,11-12,14,17H,2-3,6-7,9H2,1H3. The van der Waals surface area contributed by atoms with E-state index in [0.29, 0.717) is 12.1 Å². The molecule has 2 fully saturated rings. The highest BCUT2D eigenvalue weighted by atomic mass is 16.3. The summed E-state index contributed by atoms with van der Waals surface area (Å²) in [5, 5.41) is 3.73. The molecular formula is C16H20N2O. The Balaban J connectivity index is 1.66. The van der Waals surface area contributed by atoms with Crippen LogP contribution in [0.1, 0.15) is 49.6 Å². The summed E-state index contributed by atoms with van der Waals surface area (Å²) in [7, 11) is 0. The van der Waals surface area contributed by atoms with Gasteiger partial charge in [-0.05, 0) is 43.7 Å². The Bertz CT molecular complexity index is 590. The average molecular weight is 256 g/mol. The molecule has 0 radical (unpaired) electrons. The van der Waals surface area contributed by atoms with Gasteiger partial charge < -0.3 is 9.73 Å². The van der Waals surface area contributed by atoms with E-state index in [9.17, 15) is 0 Å². The number of para-hydroxylation sites is 1. The lowest BCUT2D eigenvalue weighted by atomic mass is 9.85. The van der Waals surface area contributed by atoms with Gasteiger partial charge in [-0.25, -0.2) is 4.98 Å². The topological polar surface area (TPSA) is 38.1 Å². The molecule has 1 saturated carbocycles. The zero-order chi connectivity index (χ0) is 12.8. The SMILES string of the molecule is Cc1cccc2nc(C3CC4CCCCC4N3)oc12. The van der Waals surface area contributed by atoms with E-state index in [-0.39, 0.29) is 0 Å². The fourth-order valence-corrected chi connectivity index (χ4v) is 3.76. The zero-order valence-corrected chi connectivity index (χ0v) is 11.4. The lowest BCUT2D eigenvalue weighted by Gasteiger charge is -2.24. The highest BCUT2D eigenvalue weighted by molar-refractivity contribution is 5.76. The van der Waals surface area contributed by atoms with Crippen LogP contribution in [0.4, 0.5) is 0 Å². The van der Waals surface area contributed by atoms with Gasteiger partial charge in [-0.1, -0.05) is 25.0 Å². The Morgan fingerprint density at radius 2 is 2.16 bits per heavy atom. The van der Waals surface area contributed by atoms with Crippen molar-refractivity contribution in [2.24, 2.45) is 5.92 Å². The summed E-state index contributed by atoms with van der Waals surface area (Å²) >= 11 is 0. The number of aromatic nitrogens is 1. The Morgan fingerprint density at radius 1 is 1.26 bits per heavy atom. The van der Waals surface area contributed by atoms with Crippen LogP contribution in [0.5, 0.6) is 0 Å². The molecule has 3 atom stereocenters. The largest absolute Gasteiger partial charge is 0.439 e. The van der Waals surface area contributed by atoms with Gasteiger partial charge in [0, 0.05) is 6.04 Å². The van der Waals surface area contributed by atoms with Crippen LogP contribution in [0.2, 0.25) is 0 Å². The Hall–Kier alpha value is -1.35. The molecule has 3 unspecified atom stereocenters. The molecular weight excluding hydrogens is 236 g/mol. The molecule has 1 aromatic carbocycles. The second-order valence-electron chi connectivity index (χ2n) is 6.08. The first kappa shape index (κ1) is 11.5. The summed E-state index contributed by atoms with van der Waals surface area (Å²) in [5.41, 5.74) is 3.12. The third kappa shape index (κ3) is 1.88. The van der Waals surface area contributed by atoms with Gasteiger partial charge >= 0.3 is 0 Å². The molecule has 3 nitrogen and oxygen atoms in total. The Kier molecular flexibility index (Phi) is 2.62. The molecule has 0 amide bonds. The van der Waals surface area contributed by atoms with Crippen molar-refractivity contribution in [1.29, 1.82) is 0 Å². The third-order valence-corrected chi connectivity index (χ3v) is 4.79. The van der Waals surface area contributed by atoms with Gasteiger partial charge in [0.25, 0.3) is 0 Å². The van der Waals surface area contributed by atoms with E-state index in [0.717, 1.165) is 22.9 Å². The first-order valence-electron chi connectivity index (χ1n) is 7.43. The van der Waals surface area contributed by atoms with Crippen LogP contribution < -0.4 is 5.32 Å². The van der Waals surface area contributed by atoms with Gasteiger partial charge in [0.15, 0.2) is 5.58 Å². The molecule has 2 heterocycles. The lowest BCUT2D eigenvalue weighted by molar-refractivity contribution is 0.325. The summed E-state index contributed by atoms with van der Waals surface area (Å²) < 4.78 is 6.02. The monoisotopic (exact) mass is 256 g/mol. The fourth-order valence-electron chi connectivity index (χ4n) is 3.76. The molecule has 3 heteroatoms. The van der Waals surface area contributed by atoms with E-state index in [1.54, 1.807) is 0 Å². The molecule has 0 spiro atoms. The van der Waals surface area contributed by atoms with E-state index in [4.69, 9.17) is 4.42 Å². The van der Waals surface area contributed by atoms with E-state index in [1.807, 2.05) is 12.1 Å². The highest BCUT2D eigenvalue weighted by Crippen LogP contribution is 2.39. The van der Waals surface area contributed by atoms with E-state index >= 15 is 0 Å². The average Bonchev–Trinajstić information content (AvgIpc) is 3.02. The maximum Gasteiger partial charge on any atom is 0.212 e. The van der Waals surface area contributed by atoms with Crippen LogP contribution in [0.3, 0.4) is 0 Å².